The van der Waals surface area contributed by atoms with Crippen molar-refractivity contribution in [2.24, 2.45) is 5.92 Å². The third kappa shape index (κ3) is 3.78. The Labute approximate surface area is 115 Å². The van der Waals surface area contributed by atoms with Gasteiger partial charge in [0.2, 0.25) is 0 Å². The number of hydrogen-bond acceptors (Lipinski definition) is 3. The van der Waals surface area contributed by atoms with E-state index in [9.17, 15) is 0 Å². The molecule has 2 aromatic rings. The lowest BCUT2D eigenvalue weighted by atomic mass is 9.89. The first-order chi connectivity index (χ1) is 9.16. The summed E-state index contributed by atoms with van der Waals surface area (Å²) < 4.78 is 0. The molecule has 1 atom stereocenters. The molecule has 2 rings (SSSR count). The first kappa shape index (κ1) is 13.5. The fourth-order valence-electron chi connectivity index (χ4n) is 2.22. The smallest absolute Gasteiger partial charge is 0.0393 e. The quantitative estimate of drug-likeness (QED) is 0.886. The molecular formula is C16H21N3. The summed E-state index contributed by atoms with van der Waals surface area (Å²) in [6.07, 6.45) is 5.62. The van der Waals surface area contributed by atoms with Crippen molar-refractivity contribution in [2.45, 2.75) is 26.7 Å². The molecule has 0 saturated heterocycles. The monoisotopic (exact) mass is 255 g/mol. The van der Waals surface area contributed by atoms with Gasteiger partial charge in [0.25, 0.3) is 0 Å². The van der Waals surface area contributed by atoms with E-state index in [0.29, 0.717) is 11.8 Å². The van der Waals surface area contributed by atoms with Crippen molar-refractivity contribution >= 4 is 5.69 Å². The van der Waals surface area contributed by atoms with Gasteiger partial charge in [0.15, 0.2) is 0 Å². The summed E-state index contributed by atoms with van der Waals surface area (Å²) in [6.45, 7) is 7.41. The first-order valence-corrected chi connectivity index (χ1v) is 6.73. The lowest BCUT2D eigenvalue weighted by Crippen LogP contribution is -2.18. The number of pyridine rings is 2. The van der Waals surface area contributed by atoms with Gasteiger partial charge in [-0.1, -0.05) is 19.9 Å². The van der Waals surface area contributed by atoms with Crippen molar-refractivity contribution in [3.05, 3.63) is 54.1 Å². The van der Waals surface area contributed by atoms with Gasteiger partial charge in [-0.05, 0) is 36.6 Å². The van der Waals surface area contributed by atoms with Crippen LogP contribution in [0.3, 0.4) is 0 Å². The molecular weight excluding hydrogens is 234 g/mol. The molecule has 0 aromatic carbocycles. The summed E-state index contributed by atoms with van der Waals surface area (Å²) in [5.41, 5.74) is 3.45. The predicted octanol–water partition coefficient (Wildman–Crippen LogP) is 3.64. The summed E-state index contributed by atoms with van der Waals surface area (Å²) in [5, 5.41) is 3.50. The number of hydrogen-bond donors (Lipinski definition) is 1. The van der Waals surface area contributed by atoms with E-state index in [-0.39, 0.29) is 0 Å². The highest BCUT2D eigenvalue weighted by Crippen LogP contribution is 2.24. The molecule has 1 unspecified atom stereocenters. The second kappa shape index (κ2) is 6.32. The minimum absolute atomic E-state index is 0.460. The van der Waals surface area contributed by atoms with E-state index in [4.69, 9.17) is 0 Å². The number of rotatable bonds is 5. The second-order valence-electron chi connectivity index (χ2n) is 5.20. The molecule has 2 heterocycles. The van der Waals surface area contributed by atoms with Crippen LogP contribution in [0.2, 0.25) is 0 Å². The van der Waals surface area contributed by atoms with E-state index in [1.54, 1.807) is 0 Å². The fourth-order valence-corrected chi connectivity index (χ4v) is 2.22. The zero-order chi connectivity index (χ0) is 13.7. The molecule has 0 bridgehead atoms. The number of nitrogens with one attached hydrogen (secondary N) is 1. The van der Waals surface area contributed by atoms with Gasteiger partial charge in [-0.15, -0.1) is 0 Å². The summed E-state index contributed by atoms with van der Waals surface area (Å²) >= 11 is 0. The molecule has 0 radical (unpaired) electrons. The standard InChI is InChI=1S/C16H21N3/c1-12(2)16(14-5-4-7-17-10-14)11-19-15-6-8-18-13(3)9-15/h4-10,12,16H,11H2,1-3H3,(H,18,19). The normalized spacial score (nSPS) is 12.4. The van der Waals surface area contributed by atoms with Crippen LogP contribution in [0.1, 0.15) is 31.0 Å². The molecule has 1 N–H and O–H groups in total. The summed E-state index contributed by atoms with van der Waals surface area (Å²) in [7, 11) is 0. The van der Waals surface area contributed by atoms with Crippen LogP contribution in [0.15, 0.2) is 42.9 Å². The largest absolute Gasteiger partial charge is 0.384 e. The van der Waals surface area contributed by atoms with Gasteiger partial charge in [-0.3, -0.25) is 9.97 Å². The molecule has 0 fully saturated rings. The Bertz CT molecular complexity index is 508. The topological polar surface area (TPSA) is 37.8 Å². The first-order valence-electron chi connectivity index (χ1n) is 6.73. The lowest BCUT2D eigenvalue weighted by molar-refractivity contribution is 0.515. The lowest BCUT2D eigenvalue weighted by Gasteiger charge is -2.22. The van der Waals surface area contributed by atoms with Gasteiger partial charge in [0.05, 0.1) is 0 Å². The Morgan fingerprint density at radius 1 is 1.21 bits per heavy atom. The molecule has 0 aliphatic carbocycles. The molecule has 3 nitrogen and oxygen atoms in total. The molecule has 0 amide bonds. The fraction of sp³-hybridized carbons (Fsp3) is 0.375. The van der Waals surface area contributed by atoms with Crippen molar-refractivity contribution in [1.29, 1.82) is 0 Å². The van der Waals surface area contributed by atoms with Gasteiger partial charge >= 0.3 is 0 Å². The van der Waals surface area contributed by atoms with Crippen LogP contribution in [0.5, 0.6) is 0 Å². The van der Waals surface area contributed by atoms with Crippen molar-refractivity contribution in [3.8, 4) is 0 Å². The van der Waals surface area contributed by atoms with Gasteiger partial charge in [-0.2, -0.15) is 0 Å². The zero-order valence-corrected chi connectivity index (χ0v) is 11.8. The number of aromatic nitrogens is 2. The van der Waals surface area contributed by atoms with Gasteiger partial charge in [-0.25, -0.2) is 0 Å². The highest BCUT2D eigenvalue weighted by Gasteiger charge is 2.15. The molecule has 0 aliphatic rings. The predicted molar refractivity (Wildman–Crippen MR) is 79.3 cm³/mol. The van der Waals surface area contributed by atoms with Crippen LogP contribution >= 0.6 is 0 Å². The van der Waals surface area contributed by atoms with E-state index in [2.05, 4.69) is 41.3 Å². The Morgan fingerprint density at radius 2 is 2.05 bits per heavy atom. The highest BCUT2D eigenvalue weighted by atomic mass is 14.9. The van der Waals surface area contributed by atoms with E-state index < -0.39 is 0 Å². The van der Waals surface area contributed by atoms with Crippen molar-refractivity contribution in [1.82, 2.24) is 9.97 Å². The average molecular weight is 255 g/mol. The average Bonchev–Trinajstić information content (AvgIpc) is 2.40. The number of nitrogens with zero attached hydrogens (tertiary/aromatic N) is 2. The summed E-state index contributed by atoms with van der Waals surface area (Å²) in [6, 6.07) is 8.23. The minimum Gasteiger partial charge on any atom is -0.384 e. The molecule has 100 valence electrons. The SMILES string of the molecule is Cc1cc(NCC(c2cccnc2)C(C)C)ccn1. The maximum Gasteiger partial charge on any atom is 0.0393 e. The van der Waals surface area contributed by atoms with Gasteiger partial charge < -0.3 is 5.32 Å². The second-order valence-corrected chi connectivity index (χ2v) is 5.20. The summed E-state index contributed by atoms with van der Waals surface area (Å²) in [4.78, 5) is 8.43. The Morgan fingerprint density at radius 3 is 2.68 bits per heavy atom. The Balaban J connectivity index is 2.06. The molecule has 0 spiro atoms. The number of aryl methyl sites for hydroxylation is 1. The third-order valence-electron chi connectivity index (χ3n) is 3.34. The highest BCUT2D eigenvalue weighted by molar-refractivity contribution is 5.43. The van der Waals surface area contributed by atoms with Crippen LogP contribution in [0, 0.1) is 12.8 Å². The van der Waals surface area contributed by atoms with E-state index >= 15 is 0 Å². The maximum absolute atomic E-state index is 4.22. The van der Waals surface area contributed by atoms with Crippen LogP contribution in [-0.2, 0) is 0 Å². The molecule has 3 heteroatoms. The summed E-state index contributed by atoms with van der Waals surface area (Å²) in [5.74, 6) is 1.03. The third-order valence-corrected chi connectivity index (χ3v) is 3.34. The van der Waals surface area contributed by atoms with Crippen LogP contribution in [0.4, 0.5) is 5.69 Å². The van der Waals surface area contributed by atoms with Gasteiger partial charge in [0, 0.05) is 42.4 Å². The van der Waals surface area contributed by atoms with E-state index in [0.717, 1.165) is 17.9 Å². The molecule has 2 aromatic heterocycles. The number of anilines is 1. The van der Waals surface area contributed by atoms with Crippen LogP contribution in [-0.4, -0.2) is 16.5 Å². The minimum atomic E-state index is 0.460. The van der Waals surface area contributed by atoms with Crippen molar-refractivity contribution in [3.63, 3.8) is 0 Å². The van der Waals surface area contributed by atoms with Crippen LogP contribution < -0.4 is 5.32 Å². The van der Waals surface area contributed by atoms with E-state index in [1.807, 2.05) is 37.6 Å². The Kier molecular flexibility index (Phi) is 4.50. The maximum atomic E-state index is 4.22. The zero-order valence-electron chi connectivity index (χ0n) is 11.8. The van der Waals surface area contributed by atoms with Crippen LogP contribution in [0.25, 0.3) is 0 Å². The van der Waals surface area contributed by atoms with Crippen molar-refractivity contribution in [2.75, 3.05) is 11.9 Å². The van der Waals surface area contributed by atoms with E-state index in [1.165, 1.54) is 5.56 Å². The molecule has 19 heavy (non-hydrogen) atoms. The Hall–Kier alpha value is -1.90. The van der Waals surface area contributed by atoms with Gasteiger partial charge in [0.1, 0.15) is 0 Å². The molecule has 0 saturated carbocycles. The van der Waals surface area contributed by atoms with Crippen molar-refractivity contribution < 1.29 is 0 Å². The molecule has 0 aliphatic heterocycles.